The molecule has 1 heteroatoms. The standard InChI is InChI=1S/C7H15.Ti/c1-3-5-7-6-4-2;/h1,3-7H2,2H3;. The van der Waals surface area contributed by atoms with Crippen LogP contribution in [-0.4, -0.2) is 0 Å². The predicted molar refractivity (Wildman–Crippen MR) is 34.1 cm³/mol. The molecule has 0 heterocycles. The van der Waals surface area contributed by atoms with Gasteiger partial charge in [0.25, 0.3) is 0 Å². The predicted octanol–water partition coefficient (Wildman–Crippen LogP) is 2.79. The first kappa shape index (κ1) is 11.5. The van der Waals surface area contributed by atoms with Crippen LogP contribution < -0.4 is 0 Å². The molecular weight excluding hydrogens is 132 g/mol. The Bertz CT molecular complexity index is 23.6. The monoisotopic (exact) mass is 147 g/mol. The Morgan fingerprint density at radius 1 is 1.12 bits per heavy atom. The third-order valence-electron chi connectivity index (χ3n) is 1.10. The molecule has 0 aliphatic rings. The zero-order chi connectivity index (χ0) is 5.54. The molecule has 0 spiro atoms. The van der Waals surface area contributed by atoms with Crippen LogP contribution in [0.4, 0.5) is 0 Å². The second kappa shape index (κ2) is 10.7. The van der Waals surface area contributed by atoms with Crippen LogP contribution in [0, 0.1) is 6.92 Å². The number of hydrogen-bond donors (Lipinski definition) is 0. The molecule has 0 bridgehead atoms. The van der Waals surface area contributed by atoms with Gasteiger partial charge in [-0.2, -0.15) is 0 Å². The van der Waals surface area contributed by atoms with Gasteiger partial charge in [0.1, 0.15) is 0 Å². The molecule has 0 nitrogen and oxygen atoms in total. The molecule has 0 atom stereocenters. The molecule has 0 N–H and O–H groups in total. The fraction of sp³-hybridized carbons (Fsp3) is 0.857. The summed E-state index contributed by atoms with van der Waals surface area (Å²) in [4.78, 5) is 0. The summed E-state index contributed by atoms with van der Waals surface area (Å²) in [6.07, 6.45) is 6.52. The minimum Gasteiger partial charge on any atom is -0.0654 e. The van der Waals surface area contributed by atoms with E-state index in [9.17, 15) is 0 Å². The summed E-state index contributed by atoms with van der Waals surface area (Å²) < 4.78 is 0. The van der Waals surface area contributed by atoms with Crippen molar-refractivity contribution < 1.29 is 21.7 Å². The van der Waals surface area contributed by atoms with E-state index >= 15 is 0 Å². The van der Waals surface area contributed by atoms with Gasteiger partial charge in [0.05, 0.1) is 0 Å². The maximum Gasteiger partial charge on any atom is 0 e. The van der Waals surface area contributed by atoms with Crippen LogP contribution in [0.15, 0.2) is 0 Å². The maximum atomic E-state index is 3.76. The molecule has 0 amide bonds. The molecule has 0 saturated carbocycles. The van der Waals surface area contributed by atoms with Crippen LogP contribution in [-0.2, 0) is 21.7 Å². The van der Waals surface area contributed by atoms with Crippen molar-refractivity contribution in [3.05, 3.63) is 6.92 Å². The van der Waals surface area contributed by atoms with Crippen LogP contribution in [0.25, 0.3) is 0 Å². The normalized spacial score (nSPS) is 8.25. The van der Waals surface area contributed by atoms with E-state index in [-0.39, 0.29) is 21.7 Å². The Balaban J connectivity index is 0. The van der Waals surface area contributed by atoms with E-state index in [1.165, 1.54) is 25.7 Å². The fourth-order valence-electron chi connectivity index (χ4n) is 0.604. The van der Waals surface area contributed by atoms with E-state index in [2.05, 4.69) is 13.8 Å². The number of unbranched alkanes of at least 4 members (excludes halogenated alkanes) is 4. The first-order chi connectivity index (χ1) is 3.41. The van der Waals surface area contributed by atoms with Gasteiger partial charge < -0.3 is 0 Å². The van der Waals surface area contributed by atoms with Gasteiger partial charge in [-0.05, 0) is 0 Å². The van der Waals surface area contributed by atoms with Crippen molar-refractivity contribution in [1.82, 2.24) is 0 Å². The zero-order valence-corrected chi connectivity index (χ0v) is 7.30. The van der Waals surface area contributed by atoms with Crippen LogP contribution in [0.5, 0.6) is 0 Å². The van der Waals surface area contributed by atoms with Crippen LogP contribution >= 0.6 is 0 Å². The van der Waals surface area contributed by atoms with Gasteiger partial charge in [-0.3, -0.25) is 0 Å². The van der Waals surface area contributed by atoms with Gasteiger partial charge in [0.15, 0.2) is 0 Å². The first-order valence-corrected chi connectivity index (χ1v) is 3.21. The molecule has 0 fully saturated rings. The molecule has 0 saturated heterocycles. The third kappa shape index (κ3) is 9.86. The minimum atomic E-state index is 0. The molecule has 0 aromatic carbocycles. The van der Waals surface area contributed by atoms with Crippen molar-refractivity contribution in [3.8, 4) is 0 Å². The van der Waals surface area contributed by atoms with Crippen LogP contribution in [0.3, 0.4) is 0 Å². The quantitative estimate of drug-likeness (QED) is 0.423. The van der Waals surface area contributed by atoms with E-state index in [1.807, 2.05) is 0 Å². The topological polar surface area (TPSA) is 0 Å². The molecule has 0 aliphatic heterocycles. The second-order valence-corrected chi connectivity index (χ2v) is 1.91. The Kier molecular flexibility index (Phi) is 15.3. The van der Waals surface area contributed by atoms with Crippen molar-refractivity contribution in [3.63, 3.8) is 0 Å². The molecule has 0 aliphatic carbocycles. The van der Waals surface area contributed by atoms with Crippen molar-refractivity contribution in [2.24, 2.45) is 0 Å². The summed E-state index contributed by atoms with van der Waals surface area (Å²) in [6.45, 7) is 5.98. The van der Waals surface area contributed by atoms with E-state index in [0.29, 0.717) is 0 Å². The first-order valence-electron chi connectivity index (χ1n) is 3.21. The van der Waals surface area contributed by atoms with E-state index in [4.69, 9.17) is 0 Å². The van der Waals surface area contributed by atoms with Crippen molar-refractivity contribution in [2.45, 2.75) is 39.0 Å². The molecule has 0 rings (SSSR count). The summed E-state index contributed by atoms with van der Waals surface area (Å²) in [5.41, 5.74) is 0. The summed E-state index contributed by atoms with van der Waals surface area (Å²) in [5, 5.41) is 0. The molecule has 0 aromatic heterocycles. The Morgan fingerprint density at radius 3 is 2.12 bits per heavy atom. The maximum absolute atomic E-state index is 3.76. The van der Waals surface area contributed by atoms with Gasteiger partial charge in [-0.15, -0.1) is 0 Å². The Labute approximate surface area is 67.9 Å². The molecular formula is C7H15Ti. The SMILES string of the molecule is [CH2]CCCCCC.[Ti]. The van der Waals surface area contributed by atoms with E-state index in [1.54, 1.807) is 0 Å². The van der Waals surface area contributed by atoms with Gasteiger partial charge in [0.2, 0.25) is 0 Å². The van der Waals surface area contributed by atoms with Gasteiger partial charge in [-0.25, -0.2) is 0 Å². The van der Waals surface area contributed by atoms with E-state index < -0.39 is 0 Å². The zero-order valence-electron chi connectivity index (χ0n) is 5.74. The molecule has 47 valence electrons. The Hall–Kier alpha value is 0.714. The molecule has 8 heavy (non-hydrogen) atoms. The Morgan fingerprint density at radius 2 is 1.75 bits per heavy atom. The van der Waals surface area contributed by atoms with Crippen LogP contribution in [0.2, 0.25) is 0 Å². The van der Waals surface area contributed by atoms with Crippen molar-refractivity contribution >= 4 is 0 Å². The van der Waals surface area contributed by atoms with E-state index in [0.717, 1.165) is 6.42 Å². The molecule has 0 unspecified atom stereocenters. The molecule has 0 aromatic rings. The fourth-order valence-corrected chi connectivity index (χ4v) is 0.604. The largest absolute Gasteiger partial charge is 0.0654 e. The average molecular weight is 147 g/mol. The van der Waals surface area contributed by atoms with Crippen molar-refractivity contribution in [2.75, 3.05) is 0 Å². The number of hydrogen-bond acceptors (Lipinski definition) is 0. The van der Waals surface area contributed by atoms with Crippen LogP contribution in [0.1, 0.15) is 39.0 Å². The van der Waals surface area contributed by atoms with Crippen molar-refractivity contribution in [1.29, 1.82) is 0 Å². The van der Waals surface area contributed by atoms with Gasteiger partial charge in [0, 0.05) is 21.7 Å². The second-order valence-electron chi connectivity index (χ2n) is 1.91. The smallest absolute Gasteiger partial charge is 0 e. The third-order valence-corrected chi connectivity index (χ3v) is 1.10. The average Bonchev–Trinajstić information content (AvgIpc) is 1.69. The summed E-state index contributed by atoms with van der Waals surface area (Å²) in [7, 11) is 0. The summed E-state index contributed by atoms with van der Waals surface area (Å²) >= 11 is 0. The molecule has 1 radical (unpaired) electrons. The minimum absolute atomic E-state index is 0. The van der Waals surface area contributed by atoms with Gasteiger partial charge in [-0.1, -0.05) is 46.0 Å². The van der Waals surface area contributed by atoms with Gasteiger partial charge >= 0.3 is 0 Å². The number of rotatable bonds is 4. The summed E-state index contributed by atoms with van der Waals surface area (Å²) in [5.74, 6) is 0. The summed E-state index contributed by atoms with van der Waals surface area (Å²) in [6, 6.07) is 0.